The van der Waals surface area contributed by atoms with E-state index in [1.165, 1.54) is 0 Å². The van der Waals surface area contributed by atoms with Crippen molar-refractivity contribution >= 4 is 11.6 Å². The summed E-state index contributed by atoms with van der Waals surface area (Å²) < 4.78 is 1.67. The van der Waals surface area contributed by atoms with Crippen molar-refractivity contribution < 1.29 is 4.79 Å². The topological polar surface area (TPSA) is 72.9 Å². The predicted octanol–water partition coefficient (Wildman–Crippen LogP) is 1.60. The molecule has 0 bridgehead atoms. The van der Waals surface area contributed by atoms with Gasteiger partial charge in [0, 0.05) is 24.0 Å². The lowest BCUT2D eigenvalue weighted by Crippen LogP contribution is -2.13. The van der Waals surface area contributed by atoms with Crippen LogP contribution in [0.15, 0.2) is 24.4 Å². The minimum atomic E-state index is -0.166. The van der Waals surface area contributed by atoms with Gasteiger partial charge in [0.2, 0.25) is 0 Å². The maximum atomic E-state index is 12.2. The summed E-state index contributed by atoms with van der Waals surface area (Å²) >= 11 is 0. The molecule has 0 aliphatic carbocycles. The minimum Gasteiger partial charge on any atom is -0.322 e. The molecule has 0 atom stereocenters. The smallest absolute Gasteiger partial charge is 0.259 e. The van der Waals surface area contributed by atoms with Gasteiger partial charge in [0.1, 0.15) is 0 Å². The first-order valence-electron chi connectivity index (χ1n) is 6.62. The van der Waals surface area contributed by atoms with E-state index in [4.69, 9.17) is 5.73 Å². The molecule has 0 radical (unpaired) electrons. The number of hydrogen-bond donors (Lipinski definition) is 2. The third-order valence-electron chi connectivity index (χ3n) is 3.29. The quantitative estimate of drug-likeness (QED) is 0.822. The zero-order chi connectivity index (χ0) is 15.4. The molecule has 21 heavy (non-hydrogen) atoms. The molecule has 0 aliphatic rings. The highest BCUT2D eigenvalue weighted by Gasteiger charge is 2.13. The second-order valence-corrected chi connectivity index (χ2v) is 4.76. The first kappa shape index (κ1) is 14.8. The van der Waals surface area contributed by atoms with E-state index in [2.05, 4.69) is 22.3 Å². The van der Waals surface area contributed by atoms with Crippen molar-refractivity contribution in [1.29, 1.82) is 0 Å². The lowest BCUT2D eigenvalue weighted by atomic mass is 10.1. The average Bonchev–Trinajstić information content (AvgIpc) is 2.78. The molecule has 0 saturated carbocycles. The van der Waals surface area contributed by atoms with Gasteiger partial charge in [0.15, 0.2) is 0 Å². The van der Waals surface area contributed by atoms with Crippen molar-refractivity contribution in [2.45, 2.75) is 13.8 Å². The summed E-state index contributed by atoms with van der Waals surface area (Å²) in [4.78, 5) is 12.2. The molecule has 1 heterocycles. The molecule has 1 amide bonds. The van der Waals surface area contributed by atoms with Gasteiger partial charge in [-0.05, 0) is 37.6 Å². The summed E-state index contributed by atoms with van der Waals surface area (Å²) in [5, 5.41) is 6.94. The SMILES string of the molecule is Cc1cc(NC(=O)c2cnn(C)c2C)ccc1C#CCN. The fourth-order valence-corrected chi connectivity index (χ4v) is 1.95. The van der Waals surface area contributed by atoms with Gasteiger partial charge in [-0.3, -0.25) is 9.48 Å². The molecule has 2 aromatic rings. The molecule has 0 unspecified atom stereocenters. The van der Waals surface area contributed by atoms with E-state index in [1.807, 2.05) is 32.0 Å². The number of hydrogen-bond acceptors (Lipinski definition) is 3. The Balaban J connectivity index is 2.19. The summed E-state index contributed by atoms with van der Waals surface area (Å²) in [7, 11) is 1.81. The van der Waals surface area contributed by atoms with Crippen LogP contribution < -0.4 is 11.1 Å². The zero-order valence-electron chi connectivity index (χ0n) is 12.4. The molecular formula is C16H18N4O. The molecular weight excluding hydrogens is 264 g/mol. The van der Waals surface area contributed by atoms with Crippen LogP contribution in [0.1, 0.15) is 27.2 Å². The Bertz CT molecular complexity index is 734. The maximum Gasteiger partial charge on any atom is 0.259 e. The van der Waals surface area contributed by atoms with Gasteiger partial charge in [-0.25, -0.2) is 0 Å². The Hall–Kier alpha value is -2.58. The third-order valence-corrected chi connectivity index (χ3v) is 3.29. The Labute approximate surface area is 124 Å². The van der Waals surface area contributed by atoms with Crippen LogP contribution in [0.25, 0.3) is 0 Å². The monoisotopic (exact) mass is 282 g/mol. The molecule has 5 nitrogen and oxygen atoms in total. The summed E-state index contributed by atoms with van der Waals surface area (Å²) in [5.74, 6) is 5.65. The van der Waals surface area contributed by atoms with Crippen LogP contribution >= 0.6 is 0 Å². The first-order valence-corrected chi connectivity index (χ1v) is 6.62. The number of rotatable bonds is 2. The van der Waals surface area contributed by atoms with E-state index in [1.54, 1.807) is 17.9 Å². The van der Waals surface area contributed by atoms with Gasteiger partial charge in [-0.1, -0.05) is 11.8 Å². The lowest BCUT2D eigenvalue weighted by Gasteiger charge is -2.07. The molecule has 5 heteroatoms. The number of carbonyl (C=O) groups excluding carboxylic acids is 1. The van der Waals surface area contributed by atoms with Crippen LogP contribution in [0, 0.1) is 25.7 Å². The summed E-state index contributed by atoms with van der Waals surface area (Å²) in [6, 6.07) is 5.60. The van der Waals surface area contributed by atoms with Gasteiger partial charge in [-0.2, -0.15) is 5.10 Å². The standard InChI is InChI=1S/C16H18N4O/c1-11-9-14(7-6-13(11)5-4-8-17)19-16(21)15-10-18-20(3)12(15)2/h6-7,9-10H,8,17H2,1-3H3,(H,19,21). The zero-order valence-corrected chi connectivity index (χ0v) is 12.4. The number of aromatic nitrogens is 2. The second-order valence-electron chi connectivity index (χ2n) is 4.76. The number of anilines is 1. The highest BCUT2D eigenvalue weighted by Crippen LogP contribution is 2.16. The molecule has 3 N–H and O–H groups in total. The van der Waals surface area contributed by atoms with Gasteiger partial charge in [-0.15, -0.1) is 0 Å². The number of carbonyl (C=O) groups is 1. The van der Waals surface area contributed by atoms with E-state index < -0.39 is 0 Å². The third kappa shape index (κ3) is 3.30. The van der Waals surface area contributed by atoms with E-state index in [0.29, 0.717) is 12.1 Å². The molecule has 2 rings (SSSR count). The van der Waals surface area contributed by atoms with Crippen LogP contribution in [0.2, 0.25) is 0 Å². The number of nitrogens with zero attached hydrogens (tertiary/aromatic N) is 2. The summed E-state index contributed by atoms with van der Waals surface area (Å²) in [6.07, 6.45) is 1.57. The van der Waals surface area contributed by atoms with Crippen LogP contribution in [-0.2, 0) is 7.05 Å². The summed E-state index contributed by atoms with van der Waals surface area (Å²) in [6.45, 7) is 4.14. The van der Waals surface area contributed by atoms with E-state index in [9.17, 15) is 4.79 Å². The Morgan fingerprint density at radius 2 is 2.19 bits per heavy atom. The fraction of sp³-hybridized carbons (Fsp3) is 0.250. The van der Waals surface area contributed by atoms with Gasteiger partial charge < -0.3 is 11.1 Å². The lowest BCUT2D eigenvalue weighted by molar-refractivity contribution is 0.102. The number of amides is 1. The largest absolute Gasteiger partial charge is 0.322 e. The average molecular weight is 282 g/mol. The van der Waals surface area contributed by atoms with Crippen LogP contribution in [-0.4, -0.2) is 22.2 Å². The molecule has 0 saturated heterocycles. The first-order chi connectivity index (χ1) is 10.0. The maximum absolute atomic E-state index is 12.2. The number of aryl methyl sites for hydroxylation is 2. The van der Waals surface area contributed by atoms with Gasteiger partial charge in [0.05, 0.1) is 18.3 Å². The summed E-state index contributed by atoms with van der Waals surface area (Å²) in [5.41, 5.74) is 9.41. The van der Waals surface area contributed by atoms with Crippen molar-refractivity contribution in [2.75, 3.05) is 11.9 Å². The van der Waals surface area contributed by atoms with Crippen LogP contribution in [0.5, 0.6) is 0 Å². The van der Waals surface area contributed by atoms with Gasteiger partial charge in [0.25, 0.3) is 5.91 Å². The normalized spacial score (nSPS) is 9.90. The molecule has 0 aliphatic heterocycles. The Kier molecular flexibility index (Phi) is 4.41. The van der Waals surface area contributed by atoms with E-state index >= 15 is 0 Å². The van der Waals surface area contributed by atoms with Crippen molar-refractivity contribution in [3.05, 3.63) is 46.8 Å². The van der Waals surface area contributed by atoms with Crippen molar-refractivity contribution in [1.82, 2.24) is 9.78 Å². The van der Waals surface area contributed by atoms with Crippen LogP contribution in [0.4, 0.5) is 5.69 Å². The van der Waals surface area contributed by atoms with E-state index in [0.717, 1.165) is 22.5 Å². The molecule has 1 aromatic heterocycles. The Morgan fingerprint density at radius 3 is 2.76 bits per heavy atom. The number of nitrogens with one attached hydrogen (secondary N) is 1. The second kappa shape index (κ2) is 6.25. The Morgan fingerprint density at radius 1 is 1.43 bits per heavy atom. The fourth-order valence-electron chi connectivity index (χ4n) is 1.95. The number of nitrogens with two attached hydrogens (primary N) is 1. The van der Waals surface area contributed by atoms with E-state index in [-0.39, 0.29) is 5.91 Å². The van der Waals surface area contributed by atoms with Crippen molar-refractivity contribution in [3.63, 3.8) is 0 Å². The predicted molar refractivity (Wildman–Crippen MR) is 83.0 cm³/mol. The minimum absolute atomic E-state index is 0.166. The molecule has 0 fully saturated rings. The number of benzene rings is 1. The van der Waals surface area contributed by atoms with Crippen molar-refractivity contribution in [2.24, 2.45) is 12.8 Å². The van der Waals surface area contributed by atoms with Crippen molar-refractivity contribution in [3.8, 4) is 11.8 Å². The highest BCUT2D eigenvalue weighted by atomic mass is 16.1. The molecule has 0 spiro atoms. The molecule has 108 valence electrons. The highest BCUT2D eigenvalue weighted by molar-refractivity contribution is 6.04. The van der Waals surface area contributed by atoms with Gasteiger partial charge >= 0.3 is 0 Å². The molecule has 1 aromatic carbocycles. The van der Waals surface area contributed by atoms with Crippen LogP contribution in [0.3, 0.4) is 0 Å².